The number of ketones is 1. The van der Waals surface area contributed by atoms with Gasteiger partial charge < -0.3 is 10.2 Å². The fourth-order valence-electron chi connectivity index (χ4n) is 3.05. The highest BCUT2D eigenvalue weighted by Crippen LogP contribution is 2.13. The fourth-order valence-corrected chi connectivity index (χ4v) is 3.05. The summed E-state index contributed by atoms with van der Waals surface area (Å²) in [6, 6.07) is 6.94. The van der Waals surface area contributed by atoms with Crippen LogP contribution in [0.5, 0.6) is 0 Å². The largest absolute Gasteiger partial charge is 0.322 e. The van der Waals surface area contributed by atoms with Gasteiger partial charge >= 0.3 is 0 Å². The Hall–Kier alpha value is -2.47. The molecule has 1 N–H and O–H groups in total. The van der Waals surface area contributed by atoms with Gasteiger partial charge in [0.2, 0.25) is 0 Å². The maximum atomic E-state index is 12.4. The standard InChI is InChI=1S/C19H24N4O2/c1-15(24)16-6-5-7-18(12-16)21-19(25)17-13-20-23(14-17)11-10-22-8-3-2-4-9-22/h5-7,12-14H,2-4,8-11H2,1H3,(H,21,25). The SMILES string of the molecule is CC(=O)c1cccc(NC(=O)c2cnn(CCN3CCCCC3)c2)c1. The second kappa shape index (κ2) is 8.07. The number of benzene rings is 1. The quantitative estimate of drug-likeness (QED) is 0.821. The molecule has 1 aliphatic heterocycles. The molecule has 3 rings (SSSR count). The van der Waals surface area contributed by atoms with E-state index in [4.69, 9.17) is 0 Å². The number of likely N-dealkylation sites (tertiary alicyclic amines) is 1. The summed E-state index contributed by atoms with van der Waals surface area (Å²) in [5.41, 5.74) is 1.71. The predicted molar refractivity (Wildman–Crippen MR) is 96.9 cm³/mol. The summed E-state index contributed by atoms with van der Waals surface area (Å²) in [7, 11) is 0. The zero-order valence-corrected chi connectivity index (χ0v) is 14.6. The predicted octanol–water partition coefficient (Wildman–Crippen LogP) is 2.82. The minimum Gasteiger partial charge on any atom is -0.322 e. The summed E-state index contributed by atoms with van der Waals surface area (Å²) < 4.78 is 1.81. The Balaban J connectivity index is 1.56. The number of Topliss-reactive ketones (excluding diaryl/α,β-unsaturated/α-hetero) is 1. The van der Waals surface area contributed by atoms with Crippen LogP contribution in [0.15, 0.2) is 36.7 Å². The third-order valence-electron chi connectivity index (χ3n) is 4.52. The molecule has 1 amide bonds. The maximum Gasteiger partial charge on any atom is 0.258 e. The van der Waals surface area contributed by atoms with Crippen LogP contribution in [0.2, 0.25) is 0 Å². The van der Waals surface area contributed by atoms with Crippen molar-refractivity contribution in [2.45, 2.75) is 32.7 Å². The summed E-state index contributed by atoms with van der Waals surface area (Å²) >= 11 is 0. The smallest absolute Gasteiger partial charge is 0.258 e. The van der Waals surface area contributed by atoms with E-state index < -0.39 is 0 Å². The van der Waals surface area contributed by atoms with Crippen molar-refractivity contribution in [1.82, 2.24) is 14.7 Å². The van der Waals surface area contributed by atoms with E-state index >= 15 is 0 Å². The van der Waals surface area contributed by atoms with Crippen LogP contribution in [-0.4, -0.2) is 46.0 Å². The van der Waals surface area contributed by atoms with Gasteiger partial charge in [-0.15, -0.1) is 0 Å². The second-order valence-corrected chi connectivity index (χ2v) is 6.49. The van der Waals surface area contributed by atoms with E-state index in [-0.39, 0.29) is 11.7 Å². The molecule has 132 valence electrons. The average molecular weight is 340 g/mol. The van der Waals surface area contributed by atoms with Crippen LogP contribution in [0.3, 0.4) is 0 Å². The first-order valence-electron chi connectivity index (χ1n) is 8.79. The Morgan fingerprint density at radius 2 is 1.92 bits per heavy atom. The van der Waals surface area contributed by atoms with Crippen LogP contribution in [-0.2, 0) is 6.54 Å². The normalized spacial score (nSPS) is 15.1. The minimum absolute atomic E-state index is 0.0263. The van der Waals surface area contributed by atoms with Crippen LogP contribution in [0, 0.1) is 0 Å². The molecule has 0 unspecified atom stereocenters. The van der Waals surface area contributed by atoms with Crippen molar-refractivity contribution in [3.05, 3.63) is 47.8 Å². The van der Waals surface area contributed by atoms with Gasteiger partial charge in [-0.2, -0.15) is 5.10 Å². The van der Waals surface area contributed by atoms with Crippen LogP contribution in [0.25, 0.3) is 0 Å². The topological polar surface area (TPSA) is 67.2 Å². The van der Waals surface area contributed by atoms with E-state index in [1.54, 1.807) is 36.7 Å². The van der Waals surface area contributed by atoms with Gasteiger partial charge in [-0.1, -0.05) is 18.6 Å². The van der Waals surface area contributed by atoms with Gasteiger partial charge in [0.15, 0.2) is 5.78 Å². The van der Waals surface area contributed by atoms with E-state index in [1.807, 2.05) is 4.68 Å². The molecule has 0 radical (unpaired) electrons. The molecule has 1 aromatic carbocycles. The number of rotatable bonds is 6. The summed E-state index contributed by atoms with van der Waals surface area (Å²) in [5.74, 6) is -0.244. The van der Waals surface area contributed by atoms with Gasteiger partial charge in [-0.25, -0.2) is 0 Å². The number of amides is 1. The molecule has 2 heterocycles. The van der Waals surface area contributed by atoms with Crippen LogP contribution in [0.1, 0.15) is 46.9 Å². The maximum absolute atomic E-state index is 12.4. The Morgan fingerprint density at radius 1 is 1.12 bits per heavy atom. The van der Waals surface area contributed by atoms with Crippen LogP contribution < -0.4 is 5.32 Å². The van der Waals surface area contributed by atoms with Crippen molar-refractivity contribution in [2.24, 2.45) is 0 Å². The molecule has 0 saturated carbocycles. The number of carbonyl (C=O) groups is 2. The van der Waals surface area contributed by atoms with E-state index in [0.717, 1.165) is 26.2 Å². The lowest BCUT2D eigenvalue weighted by Gasteiger charge is -2.26. The molecule has 0 aliphatic carbocycles. The number of hydrogen-bond acceptors (Lipinski definition) is 4. The Bertz CT molecular complexity index is 747. The third-order valence-corrected chi connectivity index (χ3v) is 4.52. The van der Waals surface area contributed by atoms with Crippen molar-refractivity contribution >= 4 is 17.4 Å². The molecule has 1 fully saturated rings. The van der Waals surface area contributed by atoms with Crippen molar-refractivity contribution in [3.8, 4) is 0 Å². The van der Waals surface area contributed by atoms with Gasteiger partial charge in [0, 0.05) is 24.0 Å². The summed E-state index contributed by atoms with van der Waals surface area (Å²) in [6.45, 7) is 5.56. The lowest BCUT2D eigenvalue weighted by atomic mass is 10.1. The van der Waals surface area contributed by atoms with E-state index in [0.29, 0.717) is 16.8 Å². The zero-order chi connectivity index (χ0) is 17.6. The van der Waals surface area contributed by atoms with E-state index in [2.05, 4.69) is 15.3 Å². The lowest BCUT2D eigenvalue weighted by Crippen LogP contribution is -2.32. The van der Waals surface area contributed by atoms with Crippen molar-refractivity contribution < 1.29 is 9.59 Å². The van der Waals surface area contributed by atoms with Gasteiger partial charge in [0.05, 0.1) is 18.3 Å². The minimum atomic E-state index is -0.218. The van der Waals surface area contributed by atoms with Crippen LogP contribution in [0.4, 0.5) is 5.69 Å². The molecule has 0 bridgehead atoms. The van der Waals surface area contributed by atoms with Crippen LogP contribution >= 0.6 is 0 Å². The molecular weight excluding hydrogens is 316 g/mol. The fraction of sp³-hybridized carbons (Fsp3) is 0.421. The molecule has 2 aromatic rings. The molecule has 6 heteroatoms. The highest BCUT2D eigenvalue weighted by molar-refractivity contribution is 6.04. The third kappa shape index (κ3) is 4.76. The molecule has 25 heavy (non-hydrogen) atoms. The summed E-state index contributed by atoms with van der Waals surface area (Å²) in [6.07, 6.45) is 7.22. The monoisotopic (exact) mass is 340 g/mol. The van der Waals surface area contributed by atoms with E-state index in [9.17, 15) is 9.59 Å². The van der Waals surface area contributed by atoms with Crippen molar-refractivity contribution in [1.29, 1.82) is 0 Å². The van der Waals surface area contributed by atoms with Gasteiger partial charge in [-0.05, 0) is 45.0 Å². The molecule has 6 nitrogen and oxygen atoms in total. The molecule has 0 spiro atoms. The second-order valence-electron chi connectivity index (χ2n) is 6.49. The number of nitrogens with one attached hydrogen (secondary N) is 1. The lowest BCUT2D eigenvalue weighted by molar-refractivity contribution is 0.101. The molecule has 1 saturated heterocycles. The number of piperidine rings is 1. The van der Waals surface area contributed by atoms with Gasteiger partial charge in [0.25, 0.3) is 5.91 Å². The molecular formula is C19H24N4O2. The Labute approximate surface area is 147 Å². The number of nitrogens with zero attached hydrogens (tertiary/aromatic N) is 3. The highest BCUT2D eigenvalue weighted by Gasteiger charge is 2.12. The first-order valence-corrected chi connectivity index (χ1v) is 8.79. The first-order chi connectivity index (χ1) is 12.1. The molecule has 1 aromatic heterocycles. The highest BCUT2D eigenvalue weighted by atomic mass is 16.1. The Morgan fingerprint density at radius 3 is 2.68 bits per heavy atom. The van der Waals surface area contributed by atoms with Crippen molar-refractivity contribution in [2.75, 3.05) is 25.0 Å². The molecule has 0 atom stereocenters. The number of aromatic nitrogens is 2. The number of carbonyl (C=O) groups excluding carboxylic acids is 2. The van der Waals surface area contributed by atoms with Crippen molar-refractivity contribution in [3.63, 3.8) is 0 Å². The number of anilines is 1. The van der Waals surface area contributed by atoms with Gasteiger partial charge in [0.1, 0.15) is 0 Å². The zero-order valence-electron chi connectivity index (χ0n) is 14.6. The Kier molecular flexibility index (Phi) is 5.60. The molecule has 1 aliphatic rings. The first kappa shape index (κ1) is 17.4. The van der Waals surface area contributed by atoms with E-state index in [1.165, 1.54) is 26.2 Å². The van der Waals surface area contributed by atoms with Gasteiger partial charge in [-0.3, -0.25) is 14.3 Å². The summed E-state index contributed by atoms with van der Waals surface area (Å²) in [5, 5.41) is 7.10. The number of hydrogen-bond donors (Lipinski definition) is 1. The average Bonchev–Trinajstić information content (AvgIpc) is 3.10. The summed E-state index contributed by atoms with van der Waals surface area (Å²) in [4.78, 5) is 26.2.